The molecule has 5 heteroatoms. The van der Waals surface area contributed by atoms with Gasteiger partial charge in [-0.05, 0) is 25.7 Å². The van der Waals surface area contributed by atoms with Crippen molar-refractivity contribution >= 4 is 11.9 Å². The van der Waals surface area contributed by atoms with Crippen LogP contribution in [0.3, 0.4) is 0 Å². The van der Waals surface area contributed by atoms with Crippen molar-refractivity contribution in [2.45, 2.75) is 44.2 Å². The lowest BCUT2D eigenvalue weighted by Crippen LogP contribution is -2.39. The van der Waals surface area contributed by atoms with Crippen molar-refractivity contribution in [1.82, 2.24) is 4.90 Å². The van der Waals surface area contributed by atoms with Gasteiger partial charge in [0.2, 0.25) is 11.6 Å². The van der Waals surface area contributed by atoms with E-state index >= 15 is 0 Å². The highest BCUT2D eigenvalue weighted by molar-refractivity contribution is 5.83. The Balaban J connectivity index is 1.91. The number of halogens is 1. The van der Waals surface area contributed by atoms with E-state index in [0.29, 0.717) is 6.42 Å². The molecular weight excluding hydrogens is 237 g/mol. The lowest BCUT2D eigenvalue weighted by atomic mass is 9.97. The van der Waals surface area contributed by atoms with Crippen LogP contribution in [0.15, 0.2) is 11.6 Å². The van der Waals surface area contributed by atoms with E-state index in [1.54, 1.807) is 0 Å². The van der Waals surface area contributed by atoms with Crippen LogP contribution in [0.5, 0.6) is 0 Å². The summed E-state index contributed by atoms with van der Waals surface area (Å²) >= 11 is 0. The van der Waals surface area contributed by atoms with Gasteiger partial charge in [-0.15, -0.1) is 0 Å². The third kappa shape index (κ3) is 2.71. The predicted octanol–water partition coefficient (Wildman–Crippen LogP) is 1.90. The molecule has 2 aliphatic rings. The van der Waals surface area contributed by atoms with Crippen LogP contribution in [-0.2, 0) is 9.59 Å². The van der Waals surface area contributed by atoms with E-state index < -0.39 is 11.6 Å². The third-order valence-corrected chi connectivity index (χ3v) is 3.72. The van der Waals surface area contributed by atoms with Gasteiger partial charge in [-0.2, -0.15) is 0 Å². The summed E-state index contributed by atoms with van der Waals surface area (Å²) in [4.78, 5) is 24.0. The number of rotatable bonds is 3. The van der Waals surface area contributed by atoms with E-state index in [-0.39, 0.29) is 25.4 Å². The average Bonchev–Trinajstić information content (AvgIpc) is 2.75. The Morgan fingerprint density at radius 1 is 1.44 bits per heavy atom. The maximum Gasteiger partial charge on any atom is 0.343 e. The molecule has 2 rings (SSSR count). The van der Waals surface area contributed by atoms with Crippen molar-refractivity contribution in [2.75, 3.05) is 13.1 Å². The molecule has 0 aromatic heterocycles. The third-order valence-electron chi connectivity index (χ3n) is 3.72. The van der Waals surface area contributed by atoms with Gasteiger partial charge < -0.3 is 10.0 Å². The van der Waals surface area contributed by atoms with Crippen LogP contribution in [0.25, 0.3) is 0 Å². The van der Waals surface area contributed by atoms with Gasteiger partial charge in [-0.1, -0.05) is 11.6 Å². The van der Waals surface area contributed by atoms with Crippen molar-refractivity contribution in [3.05, 3.63) is 11.6 Å². The second kappa shape index (κ2) is 5.08. The highest BCUT2D eigenvalue weighted by Crippen LogP contribution is 2.28. The molecule has 0 unspecified atom stereocenters. The zero-order chi connectivity index (χ0) is 13.2. The molecule has 100 valence electrons. The standard InChI is InChI=1S/C13H18FNO3/c14-13(12(17)18)6-7-15(9-13)11(16)8-10-4-2-1-3-5-10/h4H,1-3,5-9H2,(H,17,18)/t13-/m0/s1. The first-order chi connectivity index (χ1) is 8.51. The fourth-order valence-electron chi connectivity index (χ4n) is 2.53. The van der Waals surface area contributed by atoms with E-state index in [9.17, 15) is 14.0 Å². The summed E-state index contributed by atoms with van der Waals surface area (Å²) in [5.74, 6) is -1.61. The Labute approximate surface area is 105 Å². The van der Waals surface area contributed by atoms with Crippen molar-refractivity contribution in [3.63, 3.8) is 0 Å². The summed E-state index contributed by atoms with van der Waals surface area (Å²) in [6, 6.07) is 0. The number of hydrogen-bond donors (Lipinski definition) is 1. The number of hydrogen-bond acceptors (Lipinski definition) is 2. The van der Waals surface area contributed by atoms with Crippen LogP contribution in [0.4, 0.5) is 4.39 Å². The fourth-order valence-corrected chi connectivity index (χ4v) is 2.53. The number of aliphatic carboxylic acids is 1. The number of amides is 1. The Hall–Kier alpha value is -1.39. The number of allylic oxidation sites excluding steroid dienone is 1. The Kier molecular flexibility index (Phi) is 3.68. The van der Waals surface area contributed by atoms with Crippen molar-refractivity contribution in [2.24, 2.45) is 0 Å². The van der Waals surface area contributed by atoms with Crippen LogP contribution in [0.2, 0.25) is 0 Å². The smallest absolute Gasteiger partial charge is 0.343 e. The minimum absolute atomic E-state index is 0.104. The fraction of sp³-hybridized carbons (Fsp3) is 0.692. The Morgan fingerprint density at radius 3 is 2.78 bits per heavy atom. The van der Waals surface area contributed by atoms with Crippen LogP contribution in [-0.4, -0.2) is 40.6 Å². The number of carboxylic acid groups (broad SMARTS) is 1. The molecular formula is C13H18FNO3. The van der Waals surface area contributed by atoms with Crippen LogP contribution >= 0.6 is 0 Å². The van der Waals surface area contributed by atoms with Crippen molar-refractivity contribution < 1.29 is 19.1 Å². The highest BCUT2D eigenvalue weighted by Gasteiger charge is 2.46. The van der Waals surface area contributed by atoms with Gasteiger partial charge in [0.05, 0.1) is 6.54 Å². The first kappa shape index (κ1) is 13.1. The van der Waals surface area contributed by atoms with Crippen LogP contribution in [0.1, 0.15) is 38.5 Å². The number of alkyl halides is 1. The van der Waals surface area contributed by atoms with Crippen LogP contribution < -0.4 is 0 Å². The molecule has 1 aliphatic carbocycles. The second-order valence-electron chi connectivity index (χ2n) is 5.12. The summed E-state index contributed by atoms with van der Waals surface area (Å²) < 4.78 is 13.8. The topological polar surface area (TPSA) is 57.6 Å². The predicted molar refractivity (Wildman–Crippen MR) is 63.8 cm³/mol. The zero-order valence-corrected chi connectivity index (χ0v) is 10.3. The molecule has 0 saturated carbocycles. The SMILES string of the molecule is O=C(CC1=CCCCC1)N1CC[C@@](F)(C(=O)O)C1. The van der Waals surface area contributed by atoms with Gasteiger partial charge in [0, 0.05) is 19.4 Å². The molecule has 1 saturated heterocycles. The first-order valence-electron chi connectivity index (χ1n) is 6.39. The van der Waals surface area contributed by atoms with Gasteiger partial charge >= 0.3 is 5.97 Å². The van der Waals surface area contributed by atoms with Crippen molar-refractivity contribution in [3.8, 4) is 0 Å². The second-order valence-corrected chi connectivity index (χ2v) is 5.12. The van der Waals surface area contributed by atoms with E-state index in [1.807, 2.05) is 0 Å². The summed E-state index contributed by atoms with van der Waals surface area (Å²) in [5.41, 5.74) is -1.14. The normalized spacial score (nSPS) is 28.1. The highest BCUT2D eigenvalue weighted by atomic mass is 19.1. The molecule has 4 nitrogen and oxygen atoms in total. The van der Waals surface area contributed by atoms with Gasteiger partial charge in [0.1, 0.15) is 0 Å². The van der Waals surface area contributed by atoms with Crippen molar-refractivity contribution in [1.29, 1.82) is 0 Å². The molecule has 1 N–H and O–H groups in total. The molecule has 0 spiro atoms. The molecule has 1 atom stereocenters. The lowest BCUT2D eigenvalue weighted by molar-refractivity contribution is -0.150. The number of nitrogens with zero attached hydrogens (tertiary/aromatic N) is 1. The Morgan fingerprint density at radius 2 is 2.22 bits per heavy atom. The zero-order valence-electron chi connectivity index (χ0n) is 10.3. The van der Waals surface area contributed by atoms with Gasteiger partial charge in [0.25, 0.3) is 0 Å². The van der Waals surface area contributed by atoms with Gasteiger partial charge in [0.15, 0.2) is 0 Å². The molecule has 1 fully saturated rings. The minimum Gasteiger partial charge on any atom is -0.479 e. The number of carbonyl (C=O) groups is 2. The monoisotopic (exact) mass is 255 g/mol. The number of carboxylic acids is 1. The average molecular weight is 255 g/mol. The quantitative estimate of drug-likeness (QED) is 0.784. The molecule has 0 aromatic carbocycles. The van der Waals surface area contributed by atoms with Crippen LogP contribution in [0, 0.1) is 0 Å². The van der Waals surface area contributed by atoms with Gasteiger partial charge in [-0.3, -0.25) is 4.79 Å². The maximum atomic E-state index is 13.8. The lowest BCUT2D eigenvalue weighted by Gasteiger charge is -2.19. The molecule has 1 heterocycles. The van der Waals surface area contributed by atoms with E-state index in [1.165, 1.54) is 4.90 Å². The first-order valence-corrected chi connectivity index (χ1v) is 6.39. The summed E-state index contributed by atoms with van der Waals surface area (Å²) in [6.07, 6.45) is 6.49. The summed E-state index contributed by atoms with van der Waals surface area (Å²) in [5, 5.41) is 8.77. The van der Waals surface area contributed by atoms with E-state index in [4.69, 9.17) is 5.11 Å². The number of carbonyl (C=O) groups excluding carboxylic acids is 1. The van der Waals surface area contributed by atoms with E-state index in [2.05, 4.69) is 6.08 Å². The summed E-state index contributed by atoms with van der Waals surface area (Å²) in [6.45, 7) is -0.108. The van der Waals surface area contributed by atoms with E-state index in [0.717, 1.165) is 31.3 Å². The number of likely N-dealkylation sites (tertiary alicyclic amines) is 1. The van der Waals surface area contributed by atoms with Gasteiger partial charge in [-0.25, -0.2) is 9.18 Å². The molecule has 1 amide bonds. The Bertz CT molecular complexity index is 394. The molecule has 0 bridgehead atoms. The summed E-state index contributed by atoms with van der Waals surface area (Å²) in [7, 11) is 0. The minimum atomic E-state index is -2.25. The molecule has 0 aromatic rings. The maximum absolute atomic E-state index is 13.8. The molecule has 18 heavy (non-hydrogen) atoms. The largest absolute Gasteiger partial charge is 0.479 e. The molecule has 1 aliphatic heterocycles. The molecule has 0 radical (unpaired) electrons.